The van der Waals surface area contributed by atoms with E-state index in [1.54, 1.807) is 0 Å². The van der Waals surface area contributed by atoms with Crippen molar-refractivity contribution in [3.8, 4) is 0 Å². The minimum Gasteiger partial charge on any atom is -0.344 e. The van der Waals surface area contributed by atoms with Crippen LogP contribution in [0.5, 0.6) is 0 Å². The lowest BCUT2D eigenvalue weighted by molar-refractivity contribution is 0.505. The summed E-state index contributed by atoms with van der Waals surface area (Å²) in [5, 5.41) is 0. The minimum absolute atomic E-state index is 0. The summed E-state index contributed by atoms with van der Waals surface area (Å²) < 4.78 is 0. The third kappa shape index (κ3) is 17.4. The SMILES string of the molecule is C=CC(CCC=CCCCCCCC)CCCCCC.N. The predicted molar refractivity (Wildman–Crippen MR) is 99.2 cm³/mol. The Kier molecular flexibility index (Phi) is 21.0. The second-order valence-corrected chi connectivity index (χ2v) is 6.10. The number of allylic oxidation sites excluding steroid dienone is 3. The van der Waals surface area contributed by atoms with Gasteiger partial charge >= 0.3 is 0 Å². The van der Waals surface area contributed by atoms with E-state index in [2.05, 4.69) is 38.7 Å². The largest absolute Gasteiger partial charge is 0.344 e. The quantitative estimate of drug-likeness (QED) is 0.245. The smallest absolute Gasteiger partial charge is 0.0233 e. The molecule has 0 spiro atoms. The molecule has 0 aliphatic heterocycles. The van der Waals surface area contributed by atoms with Gasteiger partial charge in [0.15, 0.2) is 0 Å². The zero-order valence-corrected chi connectivity index (χ0v) is 14.9. The molecule has 0 rings (SSSR count). The van der Waals surface area contributed by atoms with Gasteiger partial charge in [-0.15, -0.1) is 6.58 Å². The highest BCUT2D eigenvalue weighted by molar-refractivity contribution is 4.86. The van der Waals surface area contributed by atoms with Gasteiger partial charge in [0.25, 0.3) is 0 Å². The molecule has 0 radical (unpaired) electrons. The Bertz CT molecular complexity index is 220. The van der Waals surface area contributed by atoms with E-state index in [0.717, 1.165) is 5.92 Å². The molecule has 0 heterocycles. The first kappa shape index (κ1) is 22.7. The molecule has 0 saturated heterocycles. The molecule has 0 aromatic heterocycles. The third-order valence-electron chi connectivity index (χ3n) is 4.11. The number of rotatable bonds is 15. The van der Waals surface area contributed by atoms with Crippen LogP contribution in [0, 0.1) is 5.92 Å². The second-order valence-electron chi connectivity index (χ2n) is 6.10. The standard InChI is InChI=1S/C20H38.H3N/c1-4-7-9-11-12-13-14-15-17-19-20(6-3)18-16-10-8-5-2;/h6,14-15,20H,3-5,7-13,16-19H2,1-2H3;1H3. The Balaban J connectivity index is 0. The molecule has 126 valence electrons. The molecule has 3 N–H and O–H groups in total. The lowest BCUT2D eigenvalue weighted by Crippen LogP contribution is -1.95. The van der Waals surface area contributed by atoms with Gasteiger partial charge in [0.2, 0.25) is 0 Å². The van der Waals surface area contributed by atoms with Gasteiger partial charge in [-0.2, -0.15) is 0 Å². The monoisotopic (exact) mass is 295 g/mol. The van der Waals surface area contributed by atoms with Gasteiger partial charge in [-0.3, -0.25) is 0 Å². The molecule has 1 unspecified atom stereocenters. The first-order chi connectivity index (χ1) is 9.85. The Morgan fingerprint density at radius 1 is 0.714 bits per heavy atom. The van der Waals surface area contributed by atoms with Crippen molar-refractivity contribution in [2.75, 3.05) is 0 Å². The second kappa shape index (κ2) is 19.4. The fourth-order valence-electron chi connectivity index (χ4n) is 2.63. The molecule has 0 aliphatic rings. The van der Waals surface area contributed by atoms with Crippen LogP contribution in [0.25, 0.3) is 0 Å². The minimum atomic E-state index is 0. The Labute approximate surface area is 134 Å². The fourth-order valence-corrected chi connectivity index (χ4v) is 2.63. The maximum Gasteiger partial charge on any atom is -0.0233 e. The lowest BCUT2D eigenvalue weighted by atomic mass is 9.96. The van der Waals surface area contributed by atoms with Gasteiger partial charge in [-0.1, -0.05) is 83.4 Å². The van der Waals surface area contributed by atoms with Crippen molar-refractivity contribution in [2.24, 2.45) is 5.92 Å². The molecule has 0 fully saturated rings. The van der Waals surface area contributed by atoms with E-state index >= 15 is 0 Å². The molecule has 0 aromatic carbocycles. The van der Waals surface area contributed by atoms with Crippen LogP contribution in [-0.2, 0) is 0 Å². The van der Waals surface area contributed by atoms with E-state index in [9.17, 15) is 0 Å². The lowest BCUT2D eigenvalue weighted by Gasteiger charge is -2.10. The van der Waals surface area contributed by atoms with Crippen molar-refractivity contribution in [1.29, 1.82) is 0 Å². The summed E-state index contributed by atoms with van der Waals surface area (Å²) in [6.45, 7) is 8.54. The van der Waals surface area contributed by atoms with Crippen molar-refractivity contribution in [3.05, 3.63) is 24.8 Å². The Morgan fingerprint density at radius 2 is 1.29 bits per heavy atom. The Morgan fingerprint density at radius 3 is 1.90 bits per heavy atom. The highest BCUT2D eigenvalue weighted by Crippen LogP contribution is 2.17. The summed E-state index contributed by atoms with van der Waals surface area (Å²) in [6, 6.07) is 0. The van der Waals surface area contributed by atoms with E-state index in [-0.39, 0.29) is 6.15 Å². The van der Waals surface area contributed by atoms with Gasteiger partial charge in [-0.05, 0) is 38.0 Å². The summed E-state index contributed by atoms with van der Waals surface area (Å²) >= 11 is 0. The third-order valence-corrected chi connectivity index (χ3v) is 4.11. The van der Waals surface area contributed by atoms with E-state index in [1.807, 2.05) is 0 Å². The van der Waals surface area contributed by atoms with Crippen LogP contribution in [0.1, 0.15) is 97.3 Å². The molecular weight excluding hydrogens is 254 g/mol. The van der Waals surface area contributed by atoms with Gasteiger partial charge < -0.3 is 6.15 Å². The van der Waals surface area contributed by atoms with E-state index in [1.165, 1.54) is 83.5 Å². The maximum atomic E-state index is 3.99. The molecular formula is C20H41N. The van der Waals surface area contributed by atoms with Gasteiger partial charge in [-0.25, -0.2) is 0 Å². The zero-order chi connectivity index (χ0) is 14.9. The molecule has 1 atom stereocenters. The summed E-state index contributed by atoms with van der Waals surface area (Å²) in [7, 11) is 0. The van der Waals surface area contributed by atoms with E-state index in [4.69, 9.17) is 0 Å². The van der Waals surface area contributed by atoms with E-state index in [0.29, 0.717) is 0 Å². The molecule has 0 aliphatic carbocycles. The highest BCUT2D eigenvalue weighted by Gasteiger charge is 2.02. The first-order valence-corrected chi connectivity index (χ1v) is 9.12. The van der Waals surface area contributed by atoms with Crippen LogP contribution in [-0.4, -0.2) is 0 Å². The molecule has 0 bridgehead atoms. The van der Waals surface area contributed by atoms with Gasteiger partial charge in [0.05, 0.1) is 0 Å². The van der Waals surface area contributed by atoms with Crippen molar-refractivity contribution in [1.82, 2.24) is 6.15 Å². The van der Waals surface area contributed by atoms with Crippen LogP contribution in [0.15, 0.2) is 24.8 Å². The Hall–Kier alpha value is -0.560. The summed E-state index contributed by atoms with van der Waals surface area (Å²) in [5.74, 6) is 0.737. The molecule has 0 saturated carbocycles. The number of hydrogen-bond acceptors (Lipinski definition) is 1. The van der Waals surface area contributed by atoms with Crippen molar-refractivity contribution in [2.45, 2.75) is 97.3 Å². The topological polar surface area (TPSA) is 35.0 Å². The summed E-state index contributed by atoms with van der Waals surface area (Å²) in [5.41, 5.74) is 0. The van der Waals surface area contributed by atoms with Crippen LogP contribution in [0.4, 0.5) is 0 Å². The first-order valence-electron chi connectivity index (χ1n) is 9.12. The molecule has 1 nitrogen and oxygen atoms in total. The van der Waals surface area contributed by atoms with Crippen molar-refractivity contribution in [3.63, 3.8) is 0 Å². The molecule has 21 heavy (non-hydrogen) atoms. The van der Waals surface area contributed by atoms with Crippen LogP contribution in [0.3, 0.4) is 0 Å². The van der Waals surface area contributed by atoms with Crippen LogP contribution < -0.4 is 6.15 Å². The molecule has 0 amide bonds. The number of hydrogen-bond donors (Lipinski definition) is 1. The normalized spacial score (nSPS) is 12.3. The molecule has 1 heteroatoms. The number of unbranched alkanes of at least 4 members (excludes halogenated alkanes) is 8. The summed E-state index contributed by atoms with van der Waals surface area (Å²) in [4.78, 5) is 0. The van der Waals surface area contributed by atoms with Gasteiger partial charge in [0.1, 0.15) is 0 Å². The average molecular weight is 296 g/mol. The van der Waals surface area contributed by atoms with E-state index < -0.39 is 0 Å². The van der Waals surface area contributed by atoms with Crippen LogP contribution in [0.2, 0.25) is 0 Å². The van der Waals surface area contributed by atoms with Gasteiger partial charge in [0, 0.05) is 0 Å². The van der Waals surface area contributed by atoms with Crippen molar-refractivity contribution >= 4 is 0 Å². The summed E-state index contributed by atoms with van der Waals surface area (Å²) in [6.07, 6.45) is 24.6. The molecule has 0 aromatic rings. The highest BCUT2D eigenvalue weighted by atomic mass is 14.1. The average Bonchev–Trinajstić information content (AvgIpc) is 2.47. The van der Waals surface area contributed by atoms with Crippen molar-refractivity contribution < 1.29 is 0 Å². The fraction of sp³-hybridized carbons (Fsp3) is 0.800. The maximum absolute atomic E-state index is 3.99. The predicted octanol–water partition coefficient (Wildman–Crippen LogP) is 7.62. The zero-order valence-electron chi connectivity index (χ0n) is 14.9. The van der Waals surface area contributed by atoms with Crippen LogP contribution >= 0.6 is 0 Å².